The van der Waals surface area contributed by atoms with Gasteiger partial charge in [-0.3, -0.25) is 9.59 Å². The van der Waals surface area contributed by atoms with Gasteiger partial charge in [0.2, 0.25) is 16.9 Å². The van der Waals surface area contributed by atoms with Gasteiger partial charge in [-0.05, 0) is 5.56 Å². The lowest BCUT2D eigenvalue weighted by Crippen LogP contribution is -2.30. The van der Waals surface area contributed by atoms with Crippen molar-refractivity contribution in [3.8, 4) is 0 Å². The maximum Gasteiger partial charge on any atom is 0.244 e. The second-order valence-corrected chi connectivity index (χ2v) is 5.22. The Morgan fingerprint density at radius 1 is 1.16 bits per heavy atom. The number of anilines is 1. The third-order valence-electron chi connectivity index (χ3n) is 3.29. The minimum Gasteiger partial charge on any atom is -0.274 e. The van der Waals surface area contributed by atoms with E-state index in [1.165, 1.54) is 16.8 Å². The molecule has 1 fully saturated rings. The number of nitrogens with zero attached hydrogens (tertiary/aromatic N) is 3. The summed E-state index contributed by atoms with van der Waals surface area (Å²) in [6, 6.07) is 9.37. The molecule has 1 aliphatic rings. The highest BCUT2D eigenvalue weighted by Gasteiger charge is 2.47. The molecular formula is C13H11N3O2S. The van der Waals surface area contributed by atoms with Crippen LogP contribution in [0.3, 0.4) is 0 Å². The minimum atomic E-state index is -0.433. The van der Waals surface area contributed by atoms with E-state index in [1.807, 2.05) is 30.3 Å². The third kappa shape index (κ3) is 1.84. The van der Waals surface area contributed by atoms with Crippen molar-refractivity contribution in [2.24, 2.45) is 5.92 Å². The Hall–Kier alpha value is -2.08. The van der Waals surface area contributed by atoms with E-state index in [4.69, 9.17) is 0 Å². The molecule has 96 valence electrons. The largest absolute Gasteiger partial charge is 0.274 e. The van der Waals surface area contributed by atoms with Crippen LogP contribution in [-0.4, -0.2) is 22.0 Å². The van der Waals surface area contributed by atoms with Crippen molar-refractivity contribution in [3.05, 3.63) is 41.4 Å². The van der Waals surface area contributed by atoms with Crippen LogP contribution in [0.2, 0.25) is 0 Å². The number of rotatable bonds is 2. The molecule has 0 bridgehead atoms. The van der Waals surface area contributed by atoms with Gasteiger partial charge in [0.25, 0.3) is 0 Å². The van der Waals surface area contributed by atoms with Gasteiger partial charge in [0.05, 0.1) is 11.8 Å². The van der Waals surface area contributed by atoms with E-state index in [0.29, 0.717) is 5.13 Å². The Bertz CT molecular complexity index is 612. The van der Waals surface area contributed by atoms with Crippen LogP contribution in [0.5, 0.6) is 0 Å². The summed E-state index contributed by atoms with van der Waals surface area (Å²) in [6.45, 7) is 1.78. The number of imide groups is 1. The third-order valence-corrected chi connectivity index (χ3v) is 3.97. The Kier molecular flexibility index (Phi) is 2.87. The molecule has 0 aliphatic carbocycles. The molecule has 0 radical (unpaired) electrons. The molecule has 0 spiro atoms. The topological polar surface area (TPSA) is 63.2 Å². The van der Waals surface area contributed by atoms with Crippen LogP contribution in [0.25, 0.3) is 0 Å². The Morgan fingerprint density at radius 2 is 1.89 bits per heavy atom. The van der Waals surface area contributed by atoms with E-state index in [9.17, 15) is 9.59 Å². The number of hydrogen-bond donors (Lipinski definition) is 0. The lowest BCUT2D eigenvalue weighted by atomic mass is 9.89. The summed E-state index contributed by atoms with van der Waals surface area (Å²) in [5.74, 6) is -1.24. The molecule has 2 atom stereocenters. The Morgan fingerprint density at radius 3 is 2.53 bits per heavy atom. The fourth-order valence-corrected chi connectivity index (χ4v) is 2.92. The first-order valence-corrected chi connectivity index (χ1v) is 6.77. The average Bonchev–Trinajstić information content (AvgIpc) is 3.00. The van der Waals surface area contributed by atoms with E-state index in [1.54, 1.807) is 6.92 Å². The van der Waals surface area contributed by atoms with Crippen molar-refractivity contribution >= 4 is 28.3 Å². The van der Waals surface area contributed by atoms with Crippen LogP contribution in [0.1, 0.15) is 18.4 Å². The van der Waals surface area contributed by atoms with Crippen molar-refractivity contribution in [1.29, 1.82) is 0 Å². The molecular weight excluding hydrogens is 262 g/mol. The van der Waals surface area contributed by atoms with Crippen molar-refractivity contribution in [1.82, 2.24) is 10.2 Å². The van der Waals surface area contributed by atoms with Gasteiger partial charge in [0.1, 0.15) is 5.51 Å². The number of hydrogen-bond acceptors (Lipinski definition) is 5. The van der Waals surface area contributed by atoms with Crippen LogP contribution in [0.15, 0.2) is 35.8 Å². The Balaban J connectivity index is 2.01. The lowest BCUT2D eigenvalue weighted by molar-refractivity contribution is -0.122. The van der Waals surface area contributed by atoms with E-state index < -0.39 is 5.92 Å². The highest BCUT2D eigenvalue weighted by atomic mass is 32.1. The molecule has 2 aromatic rings. The molecule has 0 N–H and O–H groups in total. The van der Waals surface area contributed by atoms with E-state index >= 15 is 0 Å². The van der Waals surface area contributed by atoms with Gasteiger partial charge < -0.3 is 0 Å². The van der Waals surface area contributed by atoms with Crippen LogP contribution in [0, 0.1) is 5.92 Å². The average molecular weight is 273 g/mol. The lowest BCUT2D eigenvalue weighted by Gasteiger charge is -2.11. The number of amides is 2. The van der Waals surface area contributed by atoms with Gasteiger partial charge in [-0.15, -0.1) is 10.2 Å². The zero-order valence-corrected chi connectivity index (χ0v) is 11.0. The van der Waals surface area contributed by atoms with E-state index in [-0.39, 0.29) is 17.7 Å². The van der Waals surface area contributed by atoms with Crippen molar-refractivity contribution in [2.75, 3.05) is 4.90 Å². The highest BCUT2D eigenvalue weighted by molar-refractivity contribution is 7.13. The first kappa shape index (κ1) is 12.0. The monoisotopic (exact) mass is 273 g/mol. The molecule has 1 aromatic carbocycles. The molecule has 3 rings (SSSR count). The summed E-state index contributed by atoms with van der Waals surface area (Å²) in [4.78, 5) is 25.9. The van der Waals surface area contributed by atoms with Crippen molar-refractivity contribution in [3.63, 3.8) is 0 Å². The molecule has 2 amide bonds. The molecule has 1 aromatic heterocycles. The summed E-state index contributed by atoms with van der Waals surface area (Å²) in [5, 5.41) is 7.84. The summed E-state index contributed by atoms with van der Waals surface area (Å²) in [5.41, 5.74) is 2.37. The maximum absolute atomic E-state index is 12.5. The zero-order chi connectivity index (χ0) is 13.4. The predicted molar refractivity (Wildman–Crippen MR) is 70.7 cm³/mol. The fraction of sp³-hybridized carbons (Fsp3) is 0.231. The smallest absolute Gasteiger partial charge is 0.244 e. The van der Waals surface area contributed by atoms with Gasteiger partial charge in [0, 0.05) is 0 Å². The van der Waals surface area contributed by atoms with E-state index in [2.05, 4.69) is 10.2 Å². The normalized spacial score (nSPS) is 23.1. The molecule has 5 nitrogen and oxygen atoms in total. The molecule has 1 saturated heterocycles. The minimum absolute atomic E-state index is 0.212. The first-order valence-electron chi connectivity index (χ1n) is 5.89. The number of carbonyl (C=O) groups is 2. The fourth-order valence-electron chi connectivity index (χ4n) is 2.35. The SMILES string of the molecule is CC1C(=O)N(c2nncs2)C(=O)C1c1ccccc1. The number of carbonyl (C=O) groups excluding carboxylic acids is 2. The first-order chi connectivity index (χ1) is 9.20. The molecule has 2 heterocycles. The quantitative estimate of drug-likeness (QED) is 0.783. The second kappa shape index (κ2) is 4.55. The highest BCUT2D eigenvalue weighted by Crippen LogP contribution is 2.37. The van der Waals surface area contributed by atoms with Gasteiger partial charge in [0.15, 0.2) is 0 Å². The standard InChI is InChI=1S/C13H11N3O2S/c1-8-10(9-5-3-2-4-6-9)12(18)16(11(8)17)13-15-14-7-19-13/h2-8,10H,1H3. The van der Waals surface area contributed by atoms with Gasteiger partial charge in [-0.25, -0.2) is 4.90 Å². The summed E-state index contributed by atoms with van der Waals surface area (Å²) >= 11 is 1.19. The van der Waals surface area contributed by atoms with Crippen LogP contribution < -0.4 is 4.90 Å². The summed E-state index contributed by atoms with van der Waals surface area (Å²) < 4.78 is 0. The van der Waals surface area contributed by atoms with Crippen LogP contribution in [0.4, 0.5) is 5.13 Å². The van der Waals surface area contributed by atoms with Gasteiger partial charge in [-0.1, -0.05) is 48.6 Å². The van der Waals surface area contributed by atoms with Crippen molar-refractivity contribution in [2.45, 2.75) is 12.8 Å². The Labute approximate surface area is 113 Å². The van der Waals surface area contributed by atoms with Gasteiger partial charge in [-0.2, -0.15) is 0 Å². The van der Waals surface area contributed by atoms with Crippen LogP contribution >= 0.6 is 11.3 Å². The van der Waals surface area contributed by atoms with E-state index in [0.717, 1.165) is 10.5 Å². The van der Waals surface area contributed by atoms with Crippen LogP contribution in [-0.2, 0) is 9.59 Å². The molecule has 0 saturated carbocycles. The molecule has 2 unspecified atom stereocenters. The number of aromatic nitrogens is 2. The van der Waals surface area contributed by atoms with Crippen molar-refractivity contribution < 1.29 is 9.59 Å². The summed E-state index contributed by atoms with van der Waals surface area (Å²) in [7, 11) is 0. The summed E-state index contributed by atoms with van der Waals surface area (Å²) in [6.07, 6.45) is 0. The number of benzene rings is 1. The maximum atomic E-state index is 12.5. The van der Waals surface area contributed by atoms with Gasteiger partial charge >= 0.3 is 0 Å². The second-order valence-electron chi connectivity index (χ2n) is 4.41. The molecule has 19 heavy (non-hydrogen) atoms. The predicted octanol–water partition coefficient (Wildman–Crippen LogP) is 1.83. The zero-order valence-electron chi connectivity index (χ0n) is 10.2. The molecule has 6 heteroatoms. The molecule has 1 aliphatic heterocycles.